The van der Waals surface area contributed by atoms with E-state index in [-0.39, 0.29) is 0 Å². The molecule has 14 aromatic rings. The van der Waals surface area contributed by atoms with Crippen LogP contribution in [0.5, 0.6) is 0 Å². The molecule has 0 spiro atoms. The van der Waals surface area contributed by atoms with Crippen LogP contribution in [0.3, 0.4) is 0 Å². The van der Waals surface area contributed by atoms with Crippen molar-refractivity contribution in [3.63, 3.8) is 0 Å². The smallest absolute Gasteiger partial charge is 0.0541 e. The Morgan fingerprint density at radius 2 is 0.473 bits per heavy atom. The Labute approximate surface area is 430 Å². The molecule has 74 heavy (non-hydrogen) atoms. The summed E-state index contributed by atoms with van der Waals surface area (Å²) in [4.78, 5) is 2.35. The lowest BCUT2D eigenvalue weighted by Gasteiger charge is -2.26. The Morgan fingerprint density at radius 1 is 0.189 bits per heavy atom. The van der Waals surface area contributed by atoms with Crippen LogP contribution in [0.1, 0.15) is 0 Å². The summed E-state index contributed by atoms with van der Waals surface area (Å²) in [5.41, 5.74) is 18.7. The van der Waals surface area contributed by atoms with Gasteiger partial charge in [0.2, 0.25) is 0 Å². The lowest BCUT2D eigenvalue weighted by molar-refractivity contribution is 1.19. The van der Waals surface area contributed by atoms with Gasteiger partial charge in [0, 0.05) is 33.5 Å². The third-order valence-electron chi connectivity index (χ3n) is 15.0. The maximum absolute atomic E-state index is 2.47. The van der Waals surface area contributed by atoms with Crippen molar-refractivity contribution < 1.29 is 0 Å². The highest BCUT2D eigenvalue weighted by molar-refractivity contribution is 6.25. The van der Waals surface area contributed by atoms with Crippen LogP contribution in [0.4, 0.5) is 17.1 Å². The number of fused-ring (bicyclic) bond motifs is 9. The van der Waals surface area contributed by atoms with Crippen molar-refractivity contribution >= 4 is 71.2 Å². The molecule has 0 aliphatic rings. The molecule has 2 heteroatoms. The van der Waals surface area contributed by atoms with E-state index in [1.54, 1.807) is 0 Å². The number of benzene rings is 13. The van der Waals surface area contributed by atoms with E-state index in [9.17, 15) is 0 Å². The fourth-order valence-electron chi connectivity index (χ4n) is 11.3. The lowest BCUT2D eigenvalue weighted by Crippen LogP contribution is -2.09. The zero-order valence-electron chi connectivity index (χ0n) is 40.6. The molecule has 13 aromatic carbocycles. The first-order valence-electron chi connectivity index (χ1n) is 25.5. The predicted molar refractivity (Wildman–Crippen MR) is 315 cm³/mol. The van der Waals surface area contributed by atoms with E-state index in [0.717, 1.165) is 28.3 Å². The maximum Gasteiger partial charge on any atom is 0.0541 e. The molecule has 14 rings (SSSR count). The van der Waals surface area contributed by atoms with Crippen LogP contribution in [0.15, 0.2) is 291 Å². The van der Waals surface area contributed by atoms with Crippen LogP contribution in [0, 0.1) is 0 Å². The molecule has 0 bridgehead atoms. The van der Waals surface area contributed by atoms with Gasteiger partial charge in [-0.15, -0.1) is 0 Å². The van der Waals surface area contributed by atoms with Gasteiger partial charge >= 0.3 is 0 Å². The van der Waals surface area contributed by atoms with Crippen molar-refractivity contribution in [2.24, 2.45) is 0 Å². The first-order chi connectivity index (χ1) is 36.7. The molecule has 2 nitrogen and oxygen atoms in total. The molecule has 1 heterocycles. The molecule has 0 atom stereocenters. The summed E-state index contributed by atoms with van der Waals surface area (Å²) in [6.45, 7) is 0. The number of hydrogen-bond donors (Lipinski definition) is 0. The summed E-state index contributed by atoms with van der Waals surface area (Å²) in [5, 5.41) is 10.1. The predicted octanol–water partition coefficient (Wildman–Crippen LogP) is 20.0. The zero-order chi connectivity index (χ0) is 49.0. The number of anilines is 3. The summed E-state index contributed by atoms with van der Waals surface area (Å²) in [5.74, 6) is 0. The van der Waals surface area contributed by atoms with Gasteiger partial charge in [-0.1, -0.05) is 218 Å². The van der Waals surface area contributed by atoms with Crippen LogP contribution in [-0.4, -0.2) is 4.57 Å². The SMILES string of the molecule is c1ccc(-c2ccc(-c3ccc4c(c3)c3cc(-c5ccc(N(c6ccc(-c7ccccc7)cc6)c6ccc(-c7ccccc7)cc6)cc5)ccc3n4-c3ccc4c5ccccc5c5ccccc5c4c3)cc2)cc1. The molecule has 0 radical (unpaired) electrons. The molecule has 0 unspecified atom stereocenters. The molecule has 0 saturated heterocycles. The average molecular weight is 941 g/mol. The highest BCUT2D eigenvalue weighted by atomic mass is 15.1. The van der Waals surface area contributed by atoms with Crippen molar-refractivity contribution in [1.29, 1.82) is 0 Å². The number of rotatable bonds is 9. The normalized spacial score (nSPS) is 11.5. The summed E-state index contributed by atoms with van der Waals surface area (Å²) in [6, 6.07) is 106. The Balaban J connectivity index is 0.890. The zero-order valence-corrected chi connectivity index (χ0v) is 40.6. The molecule has 0 aliphatic heterocycles. The monoisotopic (exact) mass is 940 g/mol. The van der Waals surface area contributed by atoms with Gasteiger partial charge in [-0.05, 0) is 161 Å². The molecule has 0 aliphatic carbocycles. The highest BCUT2D eigenvalue weighted by Crippen LogP contribution is 2.42. The Hall–Kier alpha value is -9.76. The molecule has 1 aromatic heterocycles. The third kappa shape index (κ3) is 7.60. The quantitative estimate of drug-likeness (QED) is 0.131. The van der Waals surface area contributed by atoms with Gasteiger partial charge in [0.05, 0.1) is 11.0 Å². The highest BCUT2D eigenvalue weighted by Gasteiger charge is 2.19. The molecule has 0 saturated carbocycles. The number of nitrogens with zero attached hydrogens (tertiary/aromatic N) is 2. The molecule has 0 amide bonds. The minimum atomic E-state index is 1.09. The molecular weight excluding hydrogens is 893 g/mol. The third-order valence-corrected chi connectivity index (χ3v) is 15.0. The van der Waals surface area contributed by atoms with Crippen molar-refractivity contribution in [3.05, 3.63) is 291 Å². The summed E-state index contributed by atoms with van der Waals surface area (Å²) < 4.78 is 2.47. The summed E-state index contributed by atoms with van der Waals surface area (Å²) >= 11 is 0. The van der Waals surface area contributed by atoms with E-state index >= 15 is 0 Å². The van der Waals surface area contributed by atoms with Crippen molar-refractivity contribution in [2.75, 3.05) is 4.90 Å². The fourth-order valence-corrected chi connectivity index (χ4v) is 11.3. The minimum absolute atomic E-state index is 1.09. The van der Waals surface area contributed by atoms with E-state index in [1.807, 2.05) is 0 Å². The fraction of sp³-hybridized carbons (Fsp3) is 0. The van der Waals surface area contributed by atoms with Gasteiger partial charge in [0.25, 0.3) is 0 Å². The van der Waals surface area contributed by atoms with E-state index in [0.29, 0.717) is 0 Å². The molecule has 0 N–H and O–H groups in total. The van der Waals surface area contributed by atoms with Crippen LogP contribution in [-0.2, 0) is 0 Å². The van der Waals surface area contributed by atoms with Gasteiger partial charge in [0.15, 0.2) is 0 Å². The number of aromatic nitrogens is 1. The van der Waals surface area contributed by atoms with Crippen LogP contribution in [0.2, 0.25) is 0 Å². The Kier molecular flexibility index (Phi) is 10.6. The van der Waals surface area contributed by atoms with Crippen LogP contribution >= 0.6 is 0 Å². The van der Waals surface area contributed by atoms with Gasteiger partial charge in [-0.2, -0.15) is 0 Å². The van der Waals surface area contributed by atoms with E-state index in [2.05, 4.69) is 301 Å². The first-order valence-corrected chi connectivity index (χ1v) is 25.5. The standard InChI is InChI=1S/C72H48N2/c1-4-14-49(15-5-1)52-24-26-55(27-25-52)57-34-44-71-69(46-57)70-47-58(35-45-72(70)74(71)62-42-43-67-65-22-11-10-20-63(65)64-21-12-13-23-66(64)68(67)48-62)56-32-40-61(41-33-56)73(59-36-28-53(29-37-59)50-16-6-2-7-17-50)60-38-30-54(31-39-60)51-18-8-3-9-19-51/h1-48H. The van der Waals surface area contributed by atoms with Crippen molar-refractivity contribution in [1.82, 2.24) is 4.57 Å². The maximum atomic E-state index is 2.47. The first kappa shape index (κ1) is 43.1. The van der Waals surface area contributed by atoms with E-state index in [4.69, 9.17) is 0 Å². The Morgan fingerprint density at radius 3 is 0.851 bits per heavy atom. The second kappa shape index (κ2) is 18.1. The van der Waals surface area contributed by atoms with Gasteiger partial charge in [-0.3, -0.25) is 0 Å². The lowest BCUT2D eigenvalue weighted by atomic mass is 9.94. The molecular formula is C72H48N2. The Bertz CT molecular complexity index is 4230. The minimum Gasteiger partial charge on any atom is -0.311 e. The van der Waals surface area contributed by atoms with Crippen molar-refractivity contribution in [3.8, 4) is 61.3 Å². The van der Waals surface area contributed by atoms with Crippen LogP contribution < -0.4 is 4.90 Å². The van der Waals surface area contributed by atoms with Gasteiger partial charge in [0.1, 0.15) is 0 Å². The second-order valence-corrected chi connectivity index (χ2v) is 19.3. The van der Waals surface area contributed by atoms with Gasteiger partial charge < -0.3 is 9.47 Å². The van der Waals surface area contributed by atoms with Crippen molar-refractivity contribution in [2.45, 2.75) is 0 Å². The largest absolute Gasteiger partial charge is 0.311 e. The van der Waals surface area contributed by atoms with Crippen LogP contribution in [0.25, 0.3) is 115 Å². The number of hydrogen-bond acceptors (Lipinski definition) is 1. The molecule has 0 fully saturated rings. The summed E-state index contributed by atoms with van der Waals surface area (Å²) in [6.07, 6.45) is 0. The van der Waals surface area contributed by atoms with E-state index in [1.165, 1.54) is 104 Å². The molecule has 346 valence electrons. The second-order valence-electron chi connectivity index (χ2n) is 19.3. The van der Waals surface area contributed by atoms with E-state index < -0.39 is 0 Å². The topological polar surface area (TPSA) is 8.17 Å². The summed E-state index contributed by atoms with van der Waals surface area (Å²) in [7, 11) is 0. The average Bonchev–Trinajstić information content (AvgIpc) is 3.81. The van der Waals surface area contributed by atoms with Gasteiger partial charge in [-0.25, -0.2) is 0 Å².